The van der Waals surface area contributed by atoms with Gasteiger partial charge in [-0.05, 0) is 48.5 Å². The van der Waals surface area contributed by atoms with Gasteiger partial charge in [-0.1, -0.05) is 18.2 Å². The molecule has 0 aliphatic rings. The van der Waals surface area contributed by atoms with Gasteiger partial charge in [0.25, 0.3) is 0 Å². The number of carbonyl (C=O) groups is 1. The summed E-state index contributed by atoms with van der Waals surface area (Å²) in [5, 5.41) is 0. The number of rotatable bonds is 8. The van der Waals surface area contributed by atoms with Crippen molar-refractivity contribution >= 4 is 22.0 Å². The van der Waals surface area contributed by atoms with E-state index in [0.717, 1.165) is 11.3 Å². The van der Waals surface area contributed by atoms with E-state index in [0.29, 0.717) is 12.1 Å². The molecule has 0 bridgehead atoms. The second-order valence-electron chi connectivity index (χ2n) is 5.99. The third-order valence-electron chi connectivity index (χ3n) is 4.12. The average Bonchev–Trinajstić information content (AvgIpc) is 2.72. The molecule has 0 saturated carbocycles. The third kappa shape index (κ3) is 5.34. The van der Waals surface area contributed by atoms with Crippen LogP contribution in [-0.2, 0) is 21.4 Å². The molecule has 0 aliphatic heterocycles. The van der Waals surface area contributed by atoms with Gasteiger partial charge in [0.15, 0.2) is 0 Å². The number of sulfonamides is 1. The van der Waals surface area contributed by atoms with Crippen LogP contribution in [0.3, 0.4) is 0 Å². The Kier molecular flexibility index (Phi) is 7.19. The summed E-state index contributed by atoms with van der Waals surface area (Å²) in [7, 11) is 2.34. The molecule has 0 aromatic heterocycles. The Hall–Kier alpha value is -2.84. The fourth-order valence-electron chi connectivity index (χ4n) is 2.49. The van der Waals surface area contributed by atoms with Gasteiger partial charge in [-0.15, -0.1) is 0 Å². The molecule has 0 radical (unpaired) electrons. The summed E-state index contributed by atoms with van der Waals surface area (Å²) < 4.78 is 36.7. The highest BCUT2D eigenvalue weighted by Gasteiger charge is 2.17. The number of nitrogens with one attached hydrogen (secondary N) is 1. The van der Waals surface area contributed by atoms with Crippen molar-refractivity contribution < 1.29 is 22.7 Å². The average molecular weight is 404 g/mol. The zero-order valence-corrected chi connectivity index (χ0v) is 17.1. The van der Waals surface area contributed by atoms with E-state index in [1.807, 2.05) is 24.3 Å². The molecule has 7 nitrogen and oxygen atoms in total. The lowest BCUT2D eigenvalue weighted by Crippen LogP contribution is -2.24. The van der Waals surface area contributed by atoms with Crippen LogP contribution in [0.15, 0.2) is 53.4 Å². The molecule has 1 N–H and O–H groups in total. The molecule has 2 rings (SSSR count). The van der Waals surface area contributed by atoms with Crippen molar-refractivity contribution in [3.05, 3.63) is 59.7 Å². The van der Waals surface area contributed by atoms with E-state index < -0.39 is 10.0 Å². The van der Waals surface area contributed by atoms with Crippen LogP contribution in [0.4, 0.5) is 0 Å². The number of carbonyl (C=O) groups excluding carboxylic acids is 1. The first kappa shape index (κ1) is 21.5. The molecule has 0 aliphatic carbocycles. The van der Waals surface area contributed by atoms with Crippen molar-refractivity contribution in [2.24, 2.45) is 0 Å². The van der Waals surface area contributed by atoms with E-state index >= 15 is 0 Å². The predicted octanol–water partition coefficient (Wildman–Crippen LogP) is 2.28. The summed E-state index contributed by atoms with van der Waals surface area (Å²) in [6.45, 7) is 0.440. The second kappa shape index (κ2) is 9.38. The minimum Gasteiger partial charge on any atom is -0.497 e. The molecule has 0 unspecified atom stereocenters. The predicted molar refractivity (Wildman–Crippen MR) is 108 cm³/mol. The monoisotopic (exact) mass is 404 g/mol. The Morgan fingerprint density at radius 3 is 2.36 bits per heavy atom. The minimum absolute atomic E-state index is 0.0127. The Labute approximate surface area is 165 Å². The summed E-state index contributed by atoms with van der Waals surface area (Å²) in [6.07, 6.45) is 2.97. The van der Waals surface area contributed by atoms with Crippen molar-refractivity contribution in [2.75, 3.05) is 28.3 Å². The fourth-order valence-corrected chi connectivity index (χ4v) is 3.42. The van der Waals surface area contributed by atoms with E-state index in [2.05, 4.69) is 4.72 Å². The number of nitrogens with zero attached hydrogens (tertiary/aromatic N) is 1. The summed E-state index contributed by atoms with van der Waals surface area (Å²) in [5.41, 5.74) is 1.54. The van der Waals surface area contributed by atoms with E-state index in [4.69, 9.17) is 9.47 Å². The Balaban J connectivity index is 2.13. The van der Waals surface area contributed by atoms with E-state index in [1.54, 1.807) is 37.3 Å². The summed E-state index contributed by atoms with van der Waals surface area (Å²) >= 11 is 0. The van der Waals surface area contributed by atoms with Crippen LogP contribution in [0.5, 0.6) is 11.5 Å². The Morgan fingerprint density at radius 2 is 1.79 bits per heavy atom. The standard InChI is InChI=1S/C20H24N2O5S/c1-21-28(24,25)19-13-15(7-11-18(19)27-4)8-12-20(23)22(2)14-16-5-9-17(26-3)10-6-16/h5-13,21H,14H2,1-4H3/b12-8+. The van der Waals surface area contributed by atoms with Crippen molar-refractivity contribution in [1.82, 2.24) is 9.62 Å². The number of amides is 1. The molecule has 8 heteroatoms. The van der Waals surface area contributed by atoms with Gasteiger partial charge >= 0.3 is 0 Å². The maximum Gasteiger partial charge on any atom is 0.246 e. The first-order chi connectivity index (χ1) is 13.3. The van der Waals surface area contributed by atoms with Crippen LogP contribution < -0.4 is 14.2 Å². The highest BCUT2D eigenvalue weighted by Crippen LogP contribution is 2.25. The molecule has 0 fully saturated rings. The lowest BCUT2D eigenvalue weighted by Gasteiger charge is -2.15. The normalized spacial score (nSPS) is 11.4. The number of methoxy groups -OCH3 is 2. The highest BCUT2D eigenvalue weighted by molar-refractivity contribution is 7.89. The van der Waals surface area contributed by atoms with Crippen LogP contribution in [0.25, 0.3) is 6.08 Å². The molecule has 2 aromatic rings. The summed E-state index contributed by atoms with van der Waals surface area (Å²) in [4.78, 5) is 13.9. The first-order valence-corrected chi connectivity index (χ1v) is 9.96. The molecule has 0 saturated heterocycles. The van der Waals surface area contributed by atoms with Crippen LogP contribution in [0.2, 0.25) is 0 Å². The van der Waals surface area contributed by atoms with Crippen LogP contribution in [-0.4, -0.2) is 47.5 Å². The molecule has 28 heavy (non-hydrogen) atoms. The maximum atomic E-state index is 12.4. The maximum absolute atomic E-state index is 12.4. The molecule has 2 aromatic carbocycles. The van der Waals surface area contributed by atoms with Gasteiger partial charge in [0.05, 0.1) is 14.2 Å². The van der Waals surface area contributed by atoms with Gasteiger partial charge in [-0.3, -0.25) is 4.79 Å². The number of hydrogen-bond donors (Lipinski definition) is 1. The number of ether oxygens (including phenoxy) is 2. The van der Waals surface area contributed by atoms with E-state index in [1.165, 1.54) is 26.3 Å². The van der Waals surface area contributed by atoms with Crippen molar-refractivity contribution in [1.29, 1.82) is 0 Å². The van der Waals surface area contributed by atoms with Gasteiger partial charge in [-0.2, -0.15) is 0 Å². The van der Waals surface area contributed by atoms with Crippen molar-refractivity contribution in [3.63, 3.8) is 0 Å². The lowest BCUT2D eigenvalue weighted by atomic mass is 10.2. The third-order valence-corrected chi connectivity index (χ3v) is 5.55. The van der Waals surface area contributed by atoms with Gasteiger partial charge in [0.1, 0.15) is 16.4 Å². The van der Waals surface area contributed by atoms with Crippen molar-refractivity contribution in [3.8, 4) is 11.5 Å². The summed E-state index contributed by atoms with van der Waals surface area (Å²) in [5.74, 6) is 0.781. The van der Waals surface area contributed by atoms with E-state index in [-0.39, 0.29) is 16.6 Å². The second-order valence-corrected chi connectivity index (χ2v) is 7.85. The molecule has 0 atom stereocenters. The summed E-state index contributed by atoms with van der Waals surface area (Å²) in [6, 6.07) is 12.2. The zero-order valence-electron chi connectivity index (χ0n) is 16.3. The molecular weight excluding hydrogens is 380 g/mol. The van der Waals surface area contributed by atoms with Crippen molar-refractivity contribution in [2.45, 2.75) is 11.4 Å². The topological polar surface area (TPSA) is 84.9 Å². The lowest BCUT2D eigenvalue weighted by molar-refractivity contribution is -0.125. The Morgan fingerprint density at radius 1 is 1.11 bits per heavy atom. The Bertz CT molecular complexity index is 953. The first-order valence-electron chi connectivity index (χ1n) is 8.48. The van der Waals surface area contributed by atoms with Crippen LogP contribution in [0, 0.1) is 0 Å². The molecular formula is C20H24N2O5S. The SMILES string of the molecule is CNS(=O)(=O)c1cc(/C=C/C(=O)N(C)Cc2ccc(OC)cc2)ccc1OC. The molecule has 0 spiro atoms. The van der Waals surface area contributed by atoms with Crippen LogP contribution >= 0.6 is 0 Å². The van der Waals surface area contributed by atoms with Gasteiger partial charge in [-0.25, -0.2) is 13.1 Å². The molecule has 0 heterocycles. The number of benzene rings is 2. The fraction of sp³-hybridized carbons (Fsp3) is 0.250. The number of hydrogen-bond acceptors (Lipinski definition) is 5. The highest BCUT2D eigenvalue weighted by atomic mass is 32.2. The largest absolute Gasteiger partial charge is 0.497 e. The number of likely N-dealkylation sites (N-methyl/N-ethyl adjacent to an activating group) is 1. The van der Waals surface area contributed by atoms with Gasteiger partial charge in [0, 0.05) is 19.7 Å². The quantitative estimate of drug-likeness (QED) is 0.683. The minimum atomic E-state index is -3.68. The zero-order chi connectivity index (χ0) is 20.7. The van der Waals surface area contributed by atoms with Gasteiger partial charge in [0.2, 0.25) is 15.9 Å². The van der Waals surface area contributed by atoms with Crippen LogP contribution in [0.1, 0.15) is 11.1 Å². The van der Waals surface area contributed by atoms with E-state index in [9.17, 15) is 13.2 Å². The van der Waals surface area contributed by atoms with Gasteiger partial charge < -0.3 is 14.4 Å². The molecule has 1 amide bonds. The molecule has 150 valence electrons. The smallest absolute Gasteiger partial charge is 0.246 e.